The molecule has 23 heavy (non-hydrogen) atoms. The number of benzene rings is 2. The first-order chi connectivity index (χ1) is 11.2. The van der Waals surface area contributed by atoms with Crippen molar-refractivity contribution < 1.29 is 4.79 Å². The molecule has 0 aliphatic carbocycles. The summed E-state index contributed by atoms with van der Waals surface area (Å²) in [5.41, 5.74) is 1.05. The van der Waals surface area contributed by atoms with Gasteiger partial charge in [0.1, 0.15) is 5.82 Å². The molecule has 1 amide bonds. The lowest BCUT2D eigenvalue weighted by Gasteiger charge is -2.20. The lowest BCUT2D eigenvalue weighted by molar-refractivity contribution is -0.117. The van der Waals surface area contributed by atoms with Gasteiger partial charge >= 0.3 is 0 Å². The highest BCUT2D eigenvalue weighted by molar-refractivity contribution is 9.10. The first kappa shape index (κ1) is 15.7. The van der Waals surface area contributed by atoms with E-state index < -0.39 is 0 Å². The number of carbonyl (C=O) groups excluding carboxylic acids is 1. The number of hydrogen-bond donors (Lipinski definition) is 0. The monoisotopic (exact) mass is 368 g/mol. The van der Waals surface area contributed by atoms with E-state index in [4.69, 9.17) is 0 Å². The summed E-state index contributed by atoms with van der Waals surface area (Å²) in [6.07, 6.45) is 2.08. The molecule has 2 aromatic carbocycles. The maximum atomic E-state index is 12.7. The lowest BCUT2D eigenvalue weighted by atomic mass is 10.0. The second-order valence-electron chi connectivity index (χ2n) is 5.29. The average Bonchev–Trinajstić information content (AvgIpc) is 2.57. The van der Waals surface area contributed by atoms with E-state index in [1.54, 1.807) is 11.1 Å². The maximum Gasteiger partial charge on any atom is 0.232 e. The van der Waals surface area contributed by atoms with Crippen LogP contribution in [0.4, 0.5) is 5.82 Å². The van der Waals surface area contributed by atoms with Crippen molar-refractivity contribution in [3.8, 4) is 0 Å². The van der Waals surface area contributed by atoms with Gasteiger partial charge in [0.15, 0.2) is 0 Å². The molecule has 0 aliphatic heterocycles. The number of likely N-dealkylation sites (N-methyl/N-ethyl adjacent to an activating group) is 1. The number of fused-ring (bicyclic) bond motifs is 1. The van der Waals surface area contributed by atoms with Crippen molar-refractivity contribution in [3.63, 3.8) is 0 Å². The van der Waals surface area contributed by atoms with Crippen LogP contribution in [0.3, 0.4) is 0 Å². The van der Waals surface area contributed by atoms with Crippen LogP contribution in [0.1, 0.15) is 12.5 Å². The normalized spacial score (nSPS) is 10.7. The maximum absolute atomic E-state index is 12.7. The Balaban J connectivity index is 1.88. The Bertz CT molecular complexity index is 825. The van der Waals surface area contributed by atoms with E-state index in [-0.39, 0.29) is 5.91 Å². The Kier molecular flexibility index (Phi) is 4.72. The fourth-order valence-corrected chi connectivity index (χ4v) is 2.93. The molecular weight excluding hydrogens is 352 g/mol. The van der Waals surface area contributed by atoms with Crippen molar-refractivity contribution in [2.45, 2.75) is 13.3 Å². The Hall–Kier alpha value is -2.20. The van der Waals surface area contributed by atoms with Crippen molar-refractivity contribution >= 4 is 38.4 Å². The van der Waals surface area contributed by atoms with E-state index in [9.17, 15) is 4.79 Å². The molecule has 3 rings (SSSR count). The second-order valence-corrected chi connectivity index (χ2v) is 6.20. The lowest BCUT2D eigenvalue weighted by Crippen LogP contribution is -2.32. The number of carbonyl (C=O) groups is 1. The molecule has 1 heterocycles. The van der Waals surface area contributed by atoms with Crippen LogP contribution >= 0.6 is 15.9 Å². The van der Waals surface area contributed by atoms with Gasteiger partial charge in [0.25, 0.3) is 0 Å². The van der Waals surface area contributed by atoms with Gasteiger partial charge in [-0.2, -0.15) is 0 Å². The number of aromatic nitrogens is 1. The number of hydrogen-bond acceptors (Lipinski definition) is 2. The van der Waals surface area contributed by atoms with Gasteiger partial charge in [-0.15, -0.1) is 0 Å². The molecule has 0 unspecified atom stereocenters. The SMILES string of the molecule is CCN(C(=O)Cc1cccc2ccccc12)c1ccc(Br)cn1. The van der Waals surface area contributed by atoms with Gasteiger partial charge in [-0.1, -0.05) is 42.5 Å². The van der Waals surface area contributed by atoms with E-state index in [1.165, 1.54) is 0 Å². The summed E-state index contributed by atoms with van der Waals surface area (Å²) in [6, 6.07) is 18.0. The van der Waals surface area contributed by atoms with Gasteiger partial charge in [0.05, 0.1) is 6.42 Å². The predicted molar refractivity (Wildman–Crippen MR) is 97.6 cm³/mol. The molecule has 0 aliphatic rings. The average molecular weight is 369 g/mol. The summed E-state index contributed by atoms with van der Waals surface area (Å²) in [5, 5.41) is 2.28. The van der Waals surface area contributed by atoms with Crippen molar-refractivity contribution in [2.75, 3.05) is 11.4 Å². The standard InChI is InChI=1S/C19H17BrN2O/c1-2-22(18-11-10-16(20)13-21-18)19(23)12-15-8-5-7-14-6-3-4-9-17(14)15/h3-11,13H,2,12H2,1H3. The van der Waals surface area contributed by atoms with Crippen LogP contribution < -0.4 is 4.90 Å². The van der Waals surface area contributed by atoms with Crippen LogP contribution in [-0.4, -0.2) is 17.4 Å². The molecule has 0 saturated carbocycles. The van der Waals surface area contributed by atoms with Gasteiger partial charge in [-0.3, -0.25) is 9.69 Å². The molecule has 0 bridgehead atoms. The molecule has 0 saturated heterocycles. The first-order valence-corrected chi connectivity index (χ1v) is 8.37. The summed E-state index contributed by atoms with van der Waals surface area (Å²) in [6.45, 7) is 2.56. The topological polar surface area (TPSA) is 33.2 Å². The van der Waals surface area contributed by atoms with Crippen LogP contribution in [0.25, 0.3) is 10.8 Å². The first-order valence-electron chi connectivity index (χ1n) is 7.57. The van der Waals surface area contributed by atoms with Crippen molar-refractivity contribution in [3.05, 3.63) is 70.8 Å². The van der Waals surface area contributed by atoms with E-state index in [2.05, 4.69) is 39.1 Å². The van der Waals surface area contributed by atoms with Crippen molar-refractivity contribution in [1.29, 1.82) is 0 Å². The molecule has 0 spiro atoms. The zero-order valence-electron chi connectivity index (χ0n) is 12.9. The Morgan fingerprint density at radius 2 is 1.87 bits per heavy atom. The fraction of sp³-hybridized carbons (Fsp3) is 0.158. The summed E-state index contributed by atoms with van der Waals surface area (Å²) in [5.74, 6) is 0.736. The Morgan fingerprint density at radius 3 is 2.61 bits per heavy atom. The Morgan fingerprint density at radius 1 is 1.09 bits per heavy atom. The summed E-state index contributed by atoms with van der Waals surface area (Å²) < 4.78 is 0.902. The Labute approximate surface area is 144 Å². The van der Waals surface area contributed by atoms with E-state index in [0.29, 0.717) is 18.8 Å². The molecule has 0 N–H and O–H groups in total. The molecule has 3 aromatic rings. The summed E-state index contributed by atoms with van der Waals surface area (Å²) in [7, 11) is 0. The number of rotatable bonds is 4. The minimum atomic E-state index is 0.0543. The quantitative estimate of drug-likeness (QED) is 0.674. The molecule has 0 fully saturated rings. The minimum Gasteiger partial charge on any atom is -0.297 e. The molecule has 0 radical (unpaired) electrons. The highest BCUT2D eigenvalue weighted by atomic mass is 79.9. The van der Waals surface area contributed by atoms with Crippen molar-refractivity contribution in [1.82, 2.24) is 4.98 Å². The summed E-state index contributed by atoms with van der Waals surface area (Å²) in [4.78, 5) is 18.8. The van der Waals surface area contributed by atoms with Crippen LogP contribution in [-0.2, 0) is 11.2 Å². The van der Waals surface area contributed by atoms with Gasteiger partial charge in [0.2, 0.25) is 5.91 Å². The van der Waals surface area contributed by atoms with Gasteiger partial charge in [-0.25, -0.2) is 4.98 Å². The third-order valence-electron chi connectivity index (χ3n) is 3.83. The van der Waals surface area contributed by atoms with Crippen LogP contribution in [0, 0.1) is 0 Å². The zero-order chi connectivity index (χ0) is 16.2. The van der Waals surface area contributed by atoms with Crippen LogP contribution in [0.15, 0.2) is 65.3 Å². The number of pyridine rings is 1. The number of nitrogens with zero attached hydrogens (tertiary/aromatic N) is 2. The zero-order valence-corrected chi connectivity index (χ0v) is 14.5. The minimum absolute atomic E-state index is 0.0543. The van der Waals surface area contributed by atoms with E-state index in [0.717, 1.165) is 20.8 Å². The van der Waals surface area contributed by atoms with E-state index >= 15 is 0 Å². The molecule has 116 valence electrons. The fourth-order valence-electron chi connectivity index (χ4n) is 2.70. The van der Waals surface area contributed by atoms with E-state index in [1.807, 2.05) is 43.3 Å². The smallest absolute Gasteiger partial charge is 0.232 e. The largest absolute Gasteiger partial charge is 0.297 e. The summed E-state index contributed by atoms with van der Waals surface area (Å²) >= 11 is 3.37. The van der Waals surface area contributed by atoms with Crippen LogP contribution in [0.5, 0.6) is 0 Å². The molecular formula is C19H17BrN2O. The highest BCUT2D eigenvalue weighted by Gasteiger charge is 2.16. The molecule has 4 heteroatoms. The molecule has 1 aromatic heterocycles. The third kappa shape index (κ3) is 3.42. The number of anilines is 1. The van der Waals surface area contributed by atoms with Crippen molar-refractivity contribution in [2.24, 2.45) is 0 Å². The predicted octanol–water partition coefficient (Wildman–Crippen LogP) is 4.59. The third-order valence-corrected chi connectivity index (χ3v) is 4.30. The van der Waals surface area contributed by atoms with Crippen LogP contribution in [0.2, 0.25) is 0 Å². The second kappa shape index (κ2) is 6.92. The van der Waals surface area contributed by atoms with Gasteiger partial charge < -0.3 is 0 Å². The number of halogens is 1. The molecule has 0 atom stereocenters. The van der Waals surface area contributed by atoms with Gasteiger partial charge in [0, 0.05) is 17.2 Å². The highest BCUT2D eigenvalue weighted by Crippen LogP contribution is 2.21. The molecule has 3 nitrogen and oxygen atoms in total. The number of amides is 1. The van der Waals surface area contributed by atoms with Gasteiger partial charge in [-0.05, 0) is 51.3 Å².